The Bertz CT molecular complexity index is 2360. The molecule has 1 N–H and O–H groups in total. The van der Waals surface area contributed by atoms with Gasteiger partial charge < -0.3 is 18.9 Å². The first-order chi connectivity index (χ1) is 27.5. The fourth-order valence-electron chi connectivity index (χ4n) is 5.05. The highest BCUT2D eigenvalue weighted by Gasteiger charge is 2.14. The number of hydrogen-bond donors (Lipinski definition) is 1. The van der Waals surface area contributed by atoms with E-state index in [0.717, 1.165) is 48.6 Å². The van der Waals surface area contributed by atoms with Gasteiger partial charge in [0, 0.05) is 5.88 Å². The lowest BCUT2D eigenvalue weighted by Crippen LogP contribution is -2.42. The minimum atomic E-state index is -0.559. The molecule has 57 heavy (non-hydrogen) atoms. The SMILES string of the molecule is COc1ccc(CCl)cc1.COc1ccc(Cn2c(=O)nc(SC)[nH]c2=O)cc1.COc1ccc(Cn2c(SC)nc(=O)n(Cc3ccc(OC)cc3)c2=O)cc1. The highest BCUT2D eigenvalue weighted by Crippen LogP contribution is 2.16. The molecular formula is C40H43ClN6O8S2. The molecule has 17 heteroatoms. The number of rotatable bonds is 13. The van der Waals surface area contributed by atoms with E-state index in [-0.39, 0.29) is 13.1 Å². The summed E-state index contributed by atoms with van der Waals surface area (Å²) in [6, 6.07) is 29.5. The lowest BCUT2D eigenvalue weighted by atomic mass is 10.2. The van der Waals surface area contributed by atoms with Crippen LogP contribution >= 0.6 is 35.1 Å². The summed E-state index contributed by atoms with van der Waals surface area (Å²) in [5.41, 5.74) is 1.70. The molecular weight excluding hydrogens is 792 g/mol. The van der Waals surface area contributed by atoms with E-state index in [1.165, 1.54) is 28.1 Å². The van der Waals surface area contributed by atoms with Crippen LogP contribution in [0.5, 0.6) is 23.0 Å². The Labute approximate surface area is 342 Å². The van der Waals surface area contributed by atoms with E-state index < -0.39 is 22.8 Å². The van der Waals surface area contributed by atoms with Gasteiger partial charge in [-0.2, -0.15) is 9.97 Å². The van der Waals surface area contributed by atoms with E-state index in [1.807, 2.05) is 60.7 Å². The van der Waals surface area contributed by atoms with Crippen LogP contribution in [0.15, 0.2) is 127 Å². The number of aromatic amines is 1. The molecule has 6 aromatic rings. The maximum absolute atomic E-state index is 13.0. The summed E-state index contributed by atoms with van der Waals surface area (Å²) in [6.45, 7) is 0.640. The first kappa shape index (κ1) is 44.0. The molecule has 2 heterocycles. The molecule has 0 bridgehead atoms. The molecule has 0 radical (unpaired) electrons. The summed E-state index contributed by atoms with van der Waals surface area (Å²) in [6.07, 6.45) is 3.53. The standard InChI is InChI=1S/C20H21N3O4S.C12H13N3O3S.C8H9ClO/c1-26-16-8-4-14(5-9-16)12-22-18(24)21-19(28-3)23(20(22)25)13-15-6-10-17(27-2)11-7-15;1-18-9-5-3-8(4-6-9)7-15-11(16)13-10(19-2)14-12(15)17;1-10-8-4-2-7(6-9)3-5-8/h4-11H,12-13H2,1-3H3;3-6H,7H2,1-2H3,(H,13,14,16,17);2-5H,6H2,1H3. The number of nitrogens with one attached hydrogen (secondary N) is 1. The van der Waals surface area contributed by atoms with E-state index in [1.54, 1.807) is 77.3 Å². The molecule has 0 aliphatic rings. The van der Waals surface area contributed by atoms with Crippen molar-refractivity contribution in [1.29, 1.82) is 0 Å². The van der Waals surface area contributed by atoms with Crippen molar-refractivity contribution in [3.05, 3.63) is 161 Å². The van der Waals surface area contributed by atoms with E-state index >= 15 is 0 Å². The first-order valence-corrected chi connectivity index (χ1v) is 20.1. The number of alkyl halides is 1. The molecule has 6 rings (SSSR count). The van der Waals surface area contributed by atoms with Crippen molar-refractivity contribution in [2.75, 3.05) is 41.0 Å². The fourth-order valence-corrected chi connectivity index (χ4v) is 6.12. The van der Waals surface area contributed by atoms with Gasteiger partial charge in [-0.1, -0.05) is 72.1 Å². The van der Waals surface area contributed by atoms with Gasteiger partial charge in [-0.05, 0) is 83.3 Å². The van der Waals surface area contributed by atoms with Crippen molar-refractivity contribution in [1.82, 2.24) is 28.7 Å². The summed E-state index contributed by atoms with van der Waals surface area (Å²) >= 11 is 8.07. The van der Waals surface area contributed by atoms with Crippen LogP contribution in [0.25, 0.3) is 0 Å². The molecule has 2 aromatic heterocycles. The number of aromatic nitrogens is 6. The zero-order valence-corrected chi connectivity index (χ0v) is 34.7. The first-order valence-electron chi connectivity index (χ1n) is 17.1. The Morgan fingerprint density at radius 3 is 1.25 bits per heavy atom. The number of ether oxygens (including phenoxy) is 4. The molecule has 0 fully saturated rings. The largest absolute Gasteiger partial charge is 0.497 e. The Kier molecular flexibility index (Phi) is 17.1. The van der Waals surface area contributed by atoms with Crippen molar-refractivity contribution in [3.8, 4) is 23.0 Å². The number of halogens is 1. The molecule has 0 aliphatic heterocycles. The normalized spacial score (nSPS) is 10.4. The number of methoxy groups -OCH3 is 4. The average molecular weight is 835 g/mol. The third-order valence-electron chi connectivity index (χ3n) is 8.19. The van der Waals surface area contributed by atoms with Gasteiger partial charge in [0.2, 0.25) is 0 Å². The van der Waals surface area contributed by atoms with E-state index in [4.69, 9.17) is 30.5 Å². The van der Waals surface area contributed by atoms with Crippen molar-refractivity contribution in [2.45, 2.75) is 35.8 Å². The molecule has 0 aliphatic carbocycles. The van der Waals surface area contributed by atoms with E-state index in [0.29, 0.717) is 28.5 Å². The van der Waals surface area contributed by atoms with Crippen molar-refractivity contribution in [3.63, 3.8) is 0 Å². The number of benzene rings is 4. The monoisotopic (exact) mass is 834 g/mol. The van der Waals surface area contributed by atoms with Crippen LogP contribution in [0.4, 0.5) is 0 Å². The lowest BCUT2D eigenvalue weighted by molar-refractivity contribution is 0.414. The number of thioether (sulfide) groups is 2. The van der Waals surface area contributed by atoms with Crippen LogP contribution in [0.2, 0.25) is 0 Å². The molecule has 0 saturated heterocycles. The highest BCUT2D eigenvalue weighted by molar-refractivity contribution is 7.98. The zero-order chi connectivity index (χ0) is 41.3. The van der Waals surface area contributed by atoms with Crippen LogP contribution in [0.1, 0.15) is 22.3 Å². The number of nitrogens with zero attached hydrogens (tertiary/aromatic N) is 5. The molecule has 0 amide bonds. The van der Waals surface area contributed by atoms with Gasteiger partial charge in [-0.3, -0.25) is 9.55 Å². The summed E-state index contributed by atoms with van der Waals surface area (Å²) in [7, 11) is 6.41. The molecule has 0 saturated carbocycles. The van der Waals surface area contributed by atoms with Gasteiger partial charge in [0.15, 0.2) is 10.3 Å². The second-order valence-electron chi connectivity index (χ2n) is 11.8. The second kappa shape index (κ2) is 22.1. The van der Waals surface area contributed by atoms with Crippen molar-refractivity contribution in [2.24, 2.45) is 0 Å². The van der Waals surface area contributed by atoms with E-state index in [9.17, 15) is 19.2 Å². The Morgan fingerprint density at radius 1 is 0.526 bits per heavy atom. The number of hydrogen-bond acceptors (Lipinski definition) is 12. The third-order valence-corrected chi connectivity index (χ3v) is 9.76. The summed E-state index contributed by atoms with van der Waals surface area (Å²) in [5.74, 6) is 3.60. The molecule has 0 atom stereocenters. The van der Waals surface area contributed by atoms with Crippen LogP contribution in [0.3, 0.4) is 0 Å². The molecule has 0 unspecified atom stereocenters. The Balaban J connectivity index is 0.000000213. The summed E-state index contributed by atoms with van der Waals surface area (Å²) in [5, 5.41) is 0.706. The number of H-pyrrole nitrogens is 1. The molecule has 4 aromatic carbocycles. The topological polar surface area (TPSA) is 162 Å². The smallest absolute Gasteiger partial charge is 0.354 e. The van der Waals surface area contributed by atoms with Gasteiger partial charge in [-0.25, -0.2) is 28.3 Å². The van der Waals surface area contributed by atoms with Crippen molar-refractivity contribution < 1.29 is 18.9 Å². The van der Waals surface area contributed by atoms with Gasteiger partial charge in [-0.15, -0.1) is 11.6 Å². The van der Waals surface area contributed by atoms with Gasteiger partial charge >= 0.3 is 22.8 Å². The zero-order valence-electron chi connectivity index (χ0n) is 32.3. The van der Waals surface area contributed by atoms with Gasteiger partial charge in [0.1, 0.15) is 23.0 Å². The third kappa shape index (κ3) is 12.6. The molecule has 300 valence electrons. The predicted molar refractivity (Wildman–Crippen MR) is 224 cm³/mol. The Morgan fingerprint density at radius 2 is 0.895 bits per heavy atom. The maximum atomic E-state index is 13.0. The fraction of sp³-hybridized carbons (Fsp3) is 0.250. The quantitative estimate of drug-likeness (QED) is 0.117. The summed E-state index contributed by atoms with van der Waals surface area (Å²) < 4.78 is 24.0. The average Bonchev–Trinajstić information content (AvgIpc) is 3.25. The highest BCUT2D eigenvalue weighted by atomic mass is 35.5. The van der Waals surface area contributed by atoms with E-state index in [2.05, 4.69) is 15.0 Å². The van der Waals surface area contributed by atoms with Crippen LogP contribution in [-0.4, -0.2) is 69.6 Å². The van der Waals surface area contributed by atoms with Crippen LogP contribution in [-0.2, 0) is 25.5 Å². The van der Waals surface area contributed by atoms with Crippen LogP contribution in [0, 0.1) is 0 Å². The van der Waals surface area contributed by atoms with Crippen molar-refractivity contribution >= 4 is 35.1 Å². The van der Waals surface area contributed by atoms with Gasteiger partial charge in [0.05, 0.1) is 48.1 Å². The minimum absolute atomic E-state index is 0.145. The minimum Gasteiger partial charge on any atom is -0.497 e. The molecule has 14 nitrogen and oxygen atoms in total. The molecule has 0 spiro atoms. The summed E-state index contributed by atoms with van der Waals surface area (Å²) in [4.78, 5) is 59.4. The Hall–Kier alpha value is -5.71. The maximum Gasteiger partial charge on any atom is 0.354 e. The van der Waals surface area contributed by atoms with Crippen LogP contribution < -0.4 is 41.7 Å². The van der Waals surface area contributed by atoms with Gasteiger partial charge in [0.25, 0.3) is 0 Å². The predicted octanol–water partition coefficient (Wildman–Crippen LogP) is 5.39. The lowest BCUT2D eigenvalue weighted by Gasteiger charge is -2.13. The second-order valence-corrected chi connectivity index (χ2v) is 13.6.